The van der Waals surface area contributed by atoms with Crippen LogP contribution in [0.3, 0.4) is 0 Å². The Balaban J connectivity index is 1.66. The number of halogens is 1. The minimum absolute atomic E-state index is 0.0178. The number of benzene rings is 1. The van der Waals surface area contributed by atoms with Gasteiger partial charge in [0.2, 0.25) is 0 Å². The smallest absolute Gasteiger partial charge is 0.319 e. The van der Waals surface area contributed by atoms with Crippen LogP contribution in [0.1, 0.15) is 36.8 Å². The van der Waals surface area contributed by atoms with Crippen LogP contribution in [0.2, 0.25) is 0 Å². The van der Waals surface area contributed by atoms with Crippen molar-refractivity contribution in [3.63, 3.8) is 0 Å². The average molecular weight is 356 g/mol. The number of urea groups is 1. The average Bonchev–Trinajstić information content (AvgIpc) is 2.59. The highest BCUT2D eigenvalue weighted by Gasteiger charge is 2.27. The standard InChI is InChI=1S/C20H25FN4O/c1-13-11-22-12-14(2)19(13)24-17-8-3-4-9-18(17)25-20(26)23-16-7-5-6-15(21)10-16/h5-7,10-12,17-18H,3-4,8-9H2,1-2H3,(H,22,24)(H2,23,25,26). The Kier molecular flexibility index (Phi) is 5.71. The van der Waals surface area contributed by atoms with Crippen LogP contribution in [0.4, 0.5) is 20.6 Å². The predicted octanol–water partition coefficient (Wildman–Crippen LogP) is 4.38. The van der Waals surface area contributed by atoms with Crippen LogP contribution in [0, 0.1) is 19.7 Å². The topological polar surface area (TPSA) is 66.0 Å². The Morgan fingerprint density at radius 3 is 2.50 bits per heavy atom. The second kappa shape index (κ2) is 8.17. The zero-order valence-corrected chi connectivity index (χ0v) is 15.2. The van der Waals surface area contributed by atoms with Gasteiger partial charge in [-0.25, -0.2) is 9.18 Å². The summed E-state index contributed by atoms with van der Waals surface area (Å²) in [7, 11) is 0. The van der Waals surface area contributed by atoms with Crippen molar-refractivity contribution in [1.29, 1.82) is 0 Å². The number of hydrogen-bond donors (Lipinski definition) is 3. The molecule has 1 heterocycles. The Morgan fingerprint density at radius 2 is 1.81 bits per heavy atom. The Hall–Kier alpha value is -2.63. The van der Waals surface area contributed by atoms with Gasteiger partial charge in [0.25, 0.3) is 0 Å². The SMILES string of the molecule is Cc1cncc(C)c1NC1CCCCC1NC(=O)Nc1cccc(F)c1. The molecule has 2 amide bonds. The molecule has 6 heteroatoms. The Labute approximate surface area is 153 Å². The van der Waals surface area contributed by atoms with Crippen molar-refractivity contribution < 1.29 is 9.18 Å². The zero-order valence-electron chi connectivity index (χ0n) is 15.2. The van der Waals surface area contributed by atoms with Gasteiger partial charge in [-0.3, -0.25) is 4.98 Å². The molecule has 0 bridgehead atoms. The first-order chi connectivity index (χ1) is 12.5. The molecular weight excluding hydrogens is 331 g/mol. The first-order valence-electron chi connectivity index (χ1n) is 9.04. The van der Waals surface area contributed by atoms with Crippen molar-refractivity contribution in [3.05, 3.63) is 53.6 Å². The molecule has 1 aromatic heterocycles. The number of nitrogens with zero attached hydrogens (tertiary/aromatic N) is 1. The summed E-state index contributed by atoms with van der Waals surface area (Å²) in [5.74, 6) is -0.372. The molecule has 3 rings (SSSR count). The summed E-state index contributed by atoms with van der Waals surface area (Å²) >= 11 is 0. The lowest BCUT2D eigenvalue weighted by Gasteiger charge is -2.34. The van der Waals surface area contributed by atoms with Crippen LogP contribution in [0.25, 0.3) is 0 Å². The molecule has 0 radical (unpaired) electrons. The number of anilines is 2. The summed E-state index contributed by atoms with van der Waals surface area (Å²) in [5.41, 5.74) is 3.73. The van der Waals surface area contributed by atoms with Crippen LogP contribution < -0.4 is 16.0 Å². The quantitative estimate of drug-likeness (QED) is 0.761. The van der Waals surface area contributed by atoms with E-state index < -0.39 is 0 Å². The normalized spacial score (nSPS) is 19.7. The number of amides is 2. The predicted molar refractivity (Wildman–Crippen MR) is 102 cm³/mol. The van der Waals surface area contributed by atoms with E-state index in [4.69, 9.17) is 0 Å². The molecule has 1 saturated carbocycles. The fraction of sp³-hybridized carbons (Fsp3) is 0.400. The first-order valence-corrected chi connectivity index (χ1v) is 9.04. The Morgan fingerprint density at radius 1 is 1.12 bits per heavy atom. The maximum Gasteiger partial charge on any atom is 0.319 e. The van der Waals surface area contributed by atoms with E-state index in [0.717, 1.165) is 42.5 Å². The van der Waals surface area contributed by atoms with Crippen molar-refractivity contribution in [2.24, 2.45) is 0 Å². The van der Waals surface area contributed by atoms with Gasteiger partial charge in [0.15, 0.2) is 0 Å². The van der Waals surface area contributed by atoms with Crippen LogP contribution in [-0.2, 0) is 0 Å². The van der Waals surface area contributed by atoms with Gasteiger partial charge in [0.1, 0.15) is 5.82 Å². The number of aryl methyl sites for hydroxylation is 2. The molecule has 0 saturated heterocycles. The maximum atomic E-state index is 13.3. The molecule has 1 aliphatic carbocycles. The molecule has 3 N–H and O–H groups in total. The van der Waals surface area contributed by atoms with E-state index in [-0.39, 0.29) is 23.9 Å². The second-order valence-corrected chi connectivity index (χ2v) is 6.90. The number of pyridine rings is 1. The highest BCUT2D eigenvalue weighted by molar-refractivity contribution is 5.89. The fourth-order valence-corrected chi connectivity index (χ4v) is 3.49. The van der Waals surface area contributed by atoms with Gasteiger partial charge in [-0.05, 0) is 56.0 Å². The lowest BCUT2D eigenvalue weighted by atomic mass is 9.90. The molecule has 2 atom stereocenters. The summed E-state index contributed by atoms with van der Waals surface area (Å²) < 4.78 is 13.3. The van der Waals surface area contributed by atoms with Gasteiger partial charge in [0, 0.05) is 29.8 Å². The molecule has 0 aliphatic heterocycles. The van der Waals surface area contributed by atoms with Crippen molar-refractivity contribution in [2.75, 3.05) is 10.6 Å². The molecule has 1 aliphatic rings. The van der Waals surface area contributed by atoms with Crippen LogP contribution in [0.15, 0.2) is 36.7 Å². The van der Waals surface area contributed by atoms with Crippen molar-refractivity contribution in [1.82, 2.24) is 10.3 Å². The van der Waals surface area contributed by atoms with E-state index in [1.165, 1.54) is 12.1 Å². The summed E-state index contributed by atoms with van der Waals surface area (Å²) in [6, 6.07) is 5.76. The molecule has 26 heavy (non-hydrogen) atoms. The highest BCUT2D eigenvalue weighted by Crippen LogP contribution is 2.26. The number of rotatable bonds is 4. The largest absolute Gasteiger partial charge is 0.380 e. The third-order valence-electron chi connectivity index (χ3n) is 4.82. The number of aromatic nitrogens is 1. The van der Waals surface area contributed by atoms with Gasteiger partial charge in [0.05, 0.1) is 6.04 Å². The number of carbonyl (C=O) groups is 1. The maximum absolute atomic E-state index is 13.3. The highest BCUT2D eigenvalue weighted by atomic mass is 19.1. The molecule has 1 aromatic carbocycles. The summed E-state index contributed by atoms with van der Waals surface area (Å²) in [5, 5.41) is 9.36. The molecule has 1 fully saturated rings. The minimum Gasteiger partial charge on any atom is -0.380 e. The van der Waals surface area contributed by atoms with Gasteiger partial charge < -0.3 is 16.0 Å². The van der Waals surface area contributed by atoms with Gasteiger partial charge in [-0.2, -0.15) is 0 Å². The van der Waals surface area contributed by atoms with Crippen molar-refractivity contribution in [2.45, 2.75) is 51.6 Å². The summed E-state index contributed by atoms with van der Waals surface area (Å²) in [6.45, 7) is 4.06. The van der Waals surface area contributed by atoms with Crippen molar-refractivity contribution >= 4 is 17.4 Å². The lowest BCUT2D eigenvalue weighted by molar-refractivity contribution is 0.242. The monoisotopic (exact) mass is 356 g/mol. The van der Waals surface area contributed by atoms with Gasteiger partial charge in [-0.1, -0.05) is 18.9 Å². The van der Waals surface area contributed by atoms with Crippen LogP contribution in [0.5, 0.6) is 0 Å². The number of hydrogen-bond acceptors (Lipinski definition) is 3. The minimum atomic E-state index is -0.372. The van der Waals surface area contributed by atoms with Crippen molar-refractivity contribution in [3.8, 4) is 0 Å². The molecule has 2 unspecified atom stereocenters. The van der Waals surface area contributed by atoms with E-state index in [0.29, 0.717) is 5.69 Å². The lowest BCUT2D eigenvalue weighted by Crippen LogP contribution is -2.50. The third kappa shape index (κ3) is 4.50. The first kappa shape index (κ1) is 18.2. The molecule has 0 spiro atoms. The summed E-state index contributed by atoms with van der Waals surface area (Å²) in [4.78, 5) is 16.5. The van der Waals surface area contributed by atoms with Crippen LogP contribution in [-0.4, -0.2) is 23.1 Å². The Bertz CT molecular complexity index is 760. The summed E-state index contributed by atoms with van der Waals surface area (Å²) in [6.07, 6.45) is 7.81. The molecule has 2 aromatic rings. The zero-order chi connectivity index (χ0) is 18.5. The van der Waals surface area contributed by atoms with Gasteiger partial charge in [-0.15, -0.1) is 0 Å². The number of nitrogens with one attached hydrogen (secondary N) is 3. The van der Waals surface area contributed by atoms with Crippen LogP contribution >= 0.6 is 0 Å². The second-order valence-electron chi connectivity index (χ2n) is 6.90. The van der Waals surface area contributed by atoms with E-state index in [9.17, 15) is 9.18 Å². The van der Waals surface area contributed by atoms with E-state index >= 15 is 0 Å². The molecule has 138 valence electrons. The fourth-order valence-electron chi connectivity index (χ4n) is 3.49. The number of carbonyl (C=O) groups excluding carboxylic acids is 1. The molecule has 5 nitrogen and oxygen atoms in total. The van der Waals surface area contributed by atoms with E-state index in [1.54, 1.807) is 12.1 Å². The van der Waals surface area contributed by atoms with Gasteiger partial charge >= 0.3 is 6.03 Å². The van der Waals surface area contributed by atoms with E-state index in [1.807, 2.05) is 26.2 Å². The van der Waals surface area contributed by atoms with E-state index in [2.05, 4.69) is 20.9 Å². The molecular formula is C20H25FN4O. The third-order valence-corrected chi connectivity index (χ3v) is 4.82.